The third kappa shape index (κ3) is 5.57. The van der Waals surface area contributed by atoms with Crippen molar-refractivity contribution in [2.75, 3.05) is 31.8 Å². The molecule has 1 N–H and O–H groups in total. The van der Waals surface area contributed by atoms with Gasteiger partial charge in [0, 0.05) is 17.6 Å². The topological polar surface area (TPSA) is 92.8 Å². The molecule has 0 aliphatic rings. The average Bonchev–Trinajstić information content (AvgIpc) is 2.68. The van der Waals surface area contributed by atoms with E-state index in [0.29, 0.717) is 11.3 Å². The summed E-state index contributed by atoms with van der Waals surface area (Å²) in [6.07, 6.45) is 1.90. The lowest BCUT2D eigenvalue weighted by atomic mass is 10.2. The zero-order valence-corrected chi connectivity index (χ0v) is 17.5. The SMILES string of the molecule is CCOC(=O)c1ccc(NC(=O)CN(C)S(=O)(=O)c2ccc(SC)cc2)cc1. The number of esters is 1. The van der Waals surface area contributed by atoms with Crippen LogP contribution in [0.25, 0.3) is 0 Å². The highest BCUT2D eigenvalue weighted by Crippen LogP contribution is 2.20. The zero-order chi connectivity index (χ0) is 20.7. The van der Waals surface area contributed by atoms with Gasteiger partial charge in [-0.05, 0) is 61.7 Å². The maximum atomic E-state index is 12.6. The molecular weight excluding hydrogens is 400 g/mol. The normalized spacial score (nSPS) is 11.3. The second-order valence-corrected chi connectivity index (χ2v) is 8.71. The van der Waals surface area contributed by atoms with Crippen molar-refractivity contribution in [3.8, 4) is 0 Å². The fourth-order valence-electron chi connectivity index (χ4n) is 2.32. The highest BCUT2D eigenvalue weighted by molar-refractivity contribution is 7.98. The maximum absolute atomic E-state index is 12.6. The number of ether oxygens (including phenoxy) is 1. The van der Waals surface area contributed by atoms with Crippen LogP contribution in [0.5, 0.6) is 0 Å². The summed E-state index contributed by atoms with van der Waals surface area (Å²) in [5, 5.41) is 2.61. The first kappa shape index (κ1) is 21.9. The van der Waals surface area contributed by atoms with Crippen LogP contribution in [0.1, 0.15) is 17.3 Å². The van der Waals surface area contributed by atoms with Crippen LogP contribution < -0.4 is 5.32 Å². The molecule has 0 unspecified atom stereocenters. The minimum absolute atomic E-state index is 0.124. The second-order valence-electron chi connectivity index (χ2n) is 5.78. The molecule has 0 fully saturated rings. The molecule has 0 aliphatic heterocycles. The molecule has 0 aliphatic carbocycles. The van der Waals surface area contributed by atoms with Crippen molar-refractivity contribution >= 4 is 39.3 Å². The van der Waals surface area contributed by atoms with Gasteiger partial charge < -0.3 is 10.1 Å². The molecule has 2 aromatic carbocycles. The fraction of sp³-hybridized carbons (Fsp3) is 0.263. The van der Waals surface area contributed by atoms with Crippen LogP contribution in [0.2, 0.25) is 0 Å². The number of hydrogen-bond acceptors (Lipinski definition) is 6. The van der Waals surface area contributed by atoms with E-state index in [1.807, 2.05) is 6.26 Å². The van der Waals surface area contributed by atoms with Crippen LogP contribution in [-0.4, -0.2) is 51.1 Å². The van der Waals surface area contributed by atoms with Crippen molar-refractivity contribution in [3.05, 3.63) is 54.1 Å². The molecule has 0 radical (unpaired) electrons. The minimum Gasteiger partial charge on any atom is -0.462 e. The number of likely N-dealkylation sites (N-methyl/N-ethyl adjacent to an activating group) is 1. The van der Waals surface area contributed by atoms with Gasteiger partial charge in [-0.25, -0.2) is 13.2 Å². The Kier molecular flexibility index (Phi) is 7.61. The smallest absolute Gasteiger partial charge is 0.338 e. The van der Waals surface area contributed by atoms with E-state index in [1.54, 1.807) is 31.2 Å². The summed E-state index contributed by atoms with van der Waals surface area (Å²) in [5.74, 6) is -0.936. The number of carbonyl (C=O) groups excluding carboxylic acids is 2. The van der Waals surface area contributed by atoms with Crippen LogP contribution in [0.4, 0.5) is 5.69 Å². The molecule has 0 bridgehead atoms. The number of sulfonamides is 1. The van der Waals surface area contributed by atoms with Gasteiger partial charge in [-0.1, -0.05) is 0 Å². The molecule has 0 saturated carbocycles. The van der Waals surface area contributed by atoms with Crippen molar-refractivity contribution in [3.63, 3.8) is 0 Å². The number of benzene rings is 2. The van der Waals surface area contributed by atoms with Crippen molar-refractivity contribution < 1.29 is 22.7 Å². The Bertz CT molecular complexity index is 926. The highest BCUT2D eigenvalue weighted by atomic mass is 32.2. The molecule has 2 rings (SSSR count). The van der Waals surface area contributed by atoms with Gasteiger partial charge in [0.15, 0.2) is 0 Å². The lowest BCUT2D eigenvalue weighted by Crippen LogP contribution is -2.34. The molecule has 28 heavy (non-hydrogen) atoms. The Balaban J connectivity index is 2.00. The molecule has 0 heterocycles. The van der Waals surface area contributed by atoms with E-state index in [4.69, 9.17) is 4.74 Å². The molecule has 150 valence electrons. The standard InChI is InChI=1S/C19H22N2O5S2/c1-4-26-19(23)14-5-7-15(8-6-14)20-18(22)13-21(2)28(24,25)17-11-9-16(27-3)10-12-17/h5-12H,4,13H2,1-3H3,(H,20,22). The van der Waals surface area contributed by atoms with Gasteiger partial charge in [0.25, 0.3) is 0 Å². The van der Waals surface area contributed by atoms with Gasteiger partial charge in [0.05, 0.1) is 23.6 Å². The van der Waals surface area contributed by atoms with Gasteiger partial charge in [-0.2, -0.15) is 4.31 Å². The predicted molar refractivity (Wildman–Crippen MR) is 109 cm³/mol. The summed E-state index contributed by atoms with van der Waals surface area (Å²) >= 11 is 1.51. The van der Waals surface area contributed by atoms with Crippen LogP contribution >= 0.6 is 11.8 Å². The van der Waals surface area contributed by atoms with Crippen LogP contribution in [0, 0.1) is 0 Å². The van der Waals surface area contributed by atoms with E-state index in [2.05, 4.69) is 5.32 Å². The van der Waals surface area contributed by atoms with E-state index in [1.165, 1.54) is 43.1 Å². The Morgan fingerprint density at radius 1 is 1.07 bits per heavy atom. The van der Waals surface area contributed by atoms with Gasteiger partial charge in [-0.3, -0.25) is 4.79 Å². The van der Waals surface area contributed by atoms with Crippen LogP contribution in [0.3, 0.4) is 0 Å². The summed E-state index contributed by atoms with van der Waals surface area (Å²) in [6.45, 7) is 1.65. The zero-order valence-electron chi connectivity index (χ0n) is 15.8. The first-order chi connectivity index (χ1) is 13.3. The minimum atomic E-state index is -3.77. The van der Waals surface area contributed by atoms with Crippen molar-refractivity contribution in [2.45, 2.75) is 16.7 Å². The third-order valence-electron chi connectivity index (χ3n) is 3.81. The molecule has 0 saturated heterocycles. The predicted octanol–water partition coefficient (Wildman–Crippen LogP) is 2.84. The second kappa shape index (κ2) is 9.72. The van der Waals surface area contributed by atoms with Crippen molar-refractivity contribution in [1.29, 1.82) is 0 Å². The molecule has 2 aromatic rings. The van der Waals surface area contributed by atoms with E-state index >= 15 is 0 Å². The number of carbonyl (C=O) groups is 2. The number of thioether (sulfide) groups is 1. The van der Waals surface area contributed by atoms with Crippen molar-refractivity contribution in [2.24, 2.45) is 0 Å². The van der Waals surface area contributed by atoms with E-state index in [0.717, 1.165) is 9.20 Å². The number of nitrogens with one attached hydrogen (secondary N) is 1. The molecule has 7 nitrogen and oxygen atoms in total. The summed E-state index contributed by atoms with van der Waals surface area (Å²) < 4.78 is 31.1. The number of rotatable bonds is 8. The molecule has 1 amide bonds. The lowest BCUT2D eigenvalue weighted by molar-refractivity contribution is -0.116. The third-order valence-corrected chi connectivity index (χ3v) is 6.37. The van der Waals surface area contributed by atoms with E-state index in [-0.39, 0.29) is 18.0 Å². The molecule has 0 atom stereocenters. The Labute approximate surface area is 169 Å². The number of nitrogens with zero attached hydrogens (tertiary/aromatic N) is 1. The first-order valence-corrected chi connectivity index (χ1v) is 11.1. The molecular formula is C19H22N2O5S2. The summed E-state index contributed by atoms with van der Waals surface area (Å²) in [5.41, 5.74) is 0.821. The molecule has 9 heteroatoms. The number of hydrogen-bond donors (Lipinski definition) is 1. The fourth-order valence-corrected chi connectivity index (χ4v) is 3.85. The lowest BCUT2D eigenvalue weighted by Gasteiger charge is -2.17. The monoisotopic (exact) mass is 422 g/mol. The molecule has 0 spiro atoms. The summed E-state index contributed by atoms with van der Waals surface area (Å²) in [4.78, 5) is 24.9. The van der Waals surface area contributed by atoms with Gasteiger partial charge in [0.1, 0.15) is 0 Å². The largest absolute Gasteiger partial charge is 0.462 e. The first-order valence-electron chi connectivity index (χ1n) is 8.45. The van der Waals surface area contributed by atoms with Crippen LogP contribution in [0.15, 0.2) is 58.3 Å². The highest BCUT2D eigenvalue weighted by Gasteiger charge is 2.23. The Morgan fingerprint density at radius 3 is 2.21 bits per heavy atom. The molecule has 0 aromatic heterocycles. The van der Waals surface area contributed by atoms with Gasteiger partial charge in [-0.15, -0.1) is 11.8 Å². The van der Waals surface area contributed by atoms with Crippen molar-refractivity contribution in [1.82, 2.24) is 4.31 Å². The van der Waals surface area contributed by atoms with E-state index < -0.39 is 21.9 Å². The van der Waals surface area contributed by atoms with Crippen LogP contribution in [-0.2, 0) is 19.6 Å². The maximum Gasteiger partial charge on any atom is 0.338 e. The number of anilines is 1. The Morgan fingerprint density at radius 2 is 1.68 bits per heavy atom. The van der Waals surface area contributed by atoms with Gasteiger partial charge >= 0.3 is 5.97 Å². The Hall–Kier alpha value is -2.36. The summed E-state index contributed by atoms with van der Waals surface area (Å²) in [6, 6.07) is 12.6. The summed E-state index contributed by atoms with van der Waals surface area (Å²) in [7, 11) is -2.43. The quantitative estimate of drug-likeness (QED) is 0.519. The van der Waals surface area contributed by atoms with E-state index in [9.17, 15) is 18.0 Å². The van der Waals surface area contributed by atoms with Gasteiger partial charge in [0.2, 0.25) is 15.9 Å². The number of amides is 1. The average molecular weight is 423 g/mol.